The van der Waals surface area contributed by atoms with Gasteiger partial charge in [-0.2, -0.15) is 0 Å². The highest BCUT2D eigenvalue weighted by Gasteiger charge is 2.38. The summed E-state index contributed by atoms with van der Waals surface area (Å²) in [6.07, 6.45) is 2.26. The first-order valence-corrected chi connectivity index (χ1v) is 9.93. The van der Waals surface area contributed by atoms with Crippen molar-refractivity contribution in [3.05, 3.63) is 71.4 Å². The number of para-hydroxylation sites is 1. The molecule has 0 spiro atoms. The third-order valence-corrected chi connectivity index (χ3v) is 5.44. The summed E-state index contributed by atoms with van der Waals surface area (Å²) >= 11 is 0. The minimum Gasteiger partial charge on any atom is -0.361 e. The van der Waals surface area contributed by atoms with Crippen LogP contribution in [-0.4, -0.2) is 60.3 Å². The molecule has 6 heteroatoms. The number of rotatable bonds is 7. The number of benzene rings is 2. The van der Waals surface area contributed by atoms with Crippen LogP contribution in [0.15, 0.2) is 54.7 Å². The second-order valence-corrected chi connectivity index (χ2v) is 7.68. The van der Waals surface area contributed by atoms with E-state index < -0.39 is 0 Å². The molecule has 150 valence electrons. The minimum absolute atomic E-state index is 0.0167. The lowest BCUT2D eigenvalue weighted by atomic mass is 9.97. The Kier molecular flexibility index (Phi) is 5.36. The van der Waals surface area contributed by atoms with E-state index in [1.165, 1.54) is 0 Å². The van der Waals surface area contributed by atoms with E-state index in [0.717, 1.165) is 34.1 Å². The second kappa shape index (κ2) is 8.09. The summed E-state index contributed by atoms with van der Waals surface area (Å²) in [6, 6.07) is 15.6. The number of aromatic nitrogens is 1. The van der Waals surface area contributed by atoms with Gasteiger partial charge in [0.2, 0.25) is 5.91 Å². The van der Waals surface area contributed by atoms with Crippen molar-refractivity contribution in [2.75, 3.05) is 33.7 Å². The summed E-state index contributed by atoms with van der Waals surface area (Å²) in [5.41, 5.74) is 3.82. The van der Waals surface area contributed by atoms with Crippen LogP contribution in [0, 0.1) is 0 Å². The Hall–Kier alpha value is -3.12. The van der Waals surface area contributed by atoms with Gasteiger partial charge in [-0.15, -0.1) is 0 Å². The van der Waals surface area contributed by atoms with Gasteiger partial charge in [0.1, 0.15) is 0 Å². The number of nitrogens with zero attached hydrogens (tertiary/aromatic N) is 2. The molecule has 1 aromatic heterocycles. The van der Waals surface area contributed by atoms with E-state index in [1.54, 1.807) is 0 Å². The van der Waals surface area contributed by atoms with Gasteiger partial charge in [0.05, 0.1) is 6.04 Å². The Morgan fingerprint density at radius 3 is 2.69 bits per heavy atom. The van der Waals surface area contributed by atoms with Crippen molar-refractivity contribution >= 4 is 22.7 Å². The van der Waals surface area contributed by atoms with Gasteiger partial charge in [-0.25, -0.2) is 0 Å². The van der Waals surface area contributed by atoms with Crippen molar-refractivity contribution in [1.82, 2.24) is 20.1 Å². The van der Waals surface area contributed by atoms with Gasteiger partial charge in [0, 0.05) is 54.3 Å². The van der Waals surface area contributed by atoms with Gasteiger partial charge < -0.3 is 20.1 Å². The predicted octanol–water partition coefficient (Wildman–Crippen LogP) is 2.78. The fourth-order valence-corrected chi connectivity index (χ4v) is 3.99. The second-order valence-electron chi connectivity index (χ2n) is 7.68. The summed E-state index contributed by atoms with van der Waals surface area (Å²) in [7, 11) is 3.94. The highest BCUT2D eigenvalue weighted by Crippen LogP contribution is 2.40. The molecule has 1 unspecified atom stereocenters. The van der Waals surface area contributed by atoms with Crippen LogP contribution in [0.1, 0.15) is 33.9 Å². The van der Waals surface area contributed by atoms with Gasteiger partial charge in [-0.1, -0.05) is 36.4 Å². The van der Waals surface area contributed by atoms with E-state index >= 15 is 0 Å². The molecule has 2 aromatic carbocycles. The number of carbonyl (C=O) groups is 2. The largest absolute Gasteiger partial charge is 0.361 e. The molecule has 3 aromatic rings. The molecule has 0 radical (unpaired) electrons. The zero-order valence-electron chi connectivity index (χ0n) is 16.8. The molecule has 1 atom stereocenters. The Bertz CT molecular complexity index is 1040. The average Bonchev–Trinajstić information content (AvgIpc) is 3.25. The molecular weight excluding hydrogens is 364 g/mol. The Balaban J connectivity index is 1.59. The fourth-order valence-electron chi connectivity index (χ4n) is 3.99. The first-order chi connectivity index (χ1) is 14.1. The highest BCUT2D eigenvalue weighted by atomic mass is 16.2. The third-order valence-electron chi connectivity index (χ3n) is 5.44. The van der Waals surface area contributed by atoms with Crippen LogP contribution in [0.25, 0.3) is 10.9 Å². The van der Waals surface area contributed by atoms with Crippen LogP contribution in [0.5, 0.6) is 0 Å². The van der Waals surface area contributed by atoms with Gasteiger partial charge in [0.25, 0.3) is 5.91 Å². The molecule has 0 bridgehead atoms. The van der Waals surface area contributed by atoms with E-state index in [-0.39, 0.29) is 24.3 Å². The van der Waals surface area contributed by atoms with Gasteiger partial charge in [-0.3, -0.25) is 9.59 Å². The van der Waals surface area contributed by atoms with E-state index in [2.05, 4.69) is 16.4 Å². The van der Waals surface area contributed by atoms with Crippen LogP contribution >= 0.6 is 0 Å². The van der Waals surface area contributed by atoms with Crippen LogP contribution in [0.3, 0.4) is 0 Å². The molecule has 0 aliphatic carbocycles. The maximum Gasteiger partial charge on any atom is 0.255 e. The number of hydrogen-bond donors (Lipinski definition) is 2. The van der Waals surface area contributed by atoms with Crippen molar-refractivity contribution in [3.63, 3.8) is 0 Å². The zero-order valence-corrected chi connectivity index (χ0v) is 16.8. The molecule has 29 heavy (non-hydrogen) atoms. The van der Waals surface area contributed by atoms with Crippen molar-refractivity contribution in [1.29, 1.82) is 0 Å². The SMILES string of the molecule is CN(C)CCNC(=O)CCN1C(=O)c2ccccc2C1c1c[nH]c2ccccc12. The van der Waals surface area contributed by atoms with Gasteiger partial charge in [0.15, 0.2) is 0 Å². The quantitative estimate of drug-likeness (QED) is 0.652. The summed E-state index contributed by atoms with van der Waals surface area (Å²) in [5, 5.41) is 4.03. The van der Waals surface area contributed by atoms with E-state index in [4.69, 9.17) is 0 Å². The Labute approximate surface area is 170 Å². The van der Waals surface area contributed by atoms with Crippen molar-refractivity contribution in [2.24, 2.45) is 0 Å². The molecule has 2 amide bonds. The summed E-state index contributed by atoms with van der Waals surface area (Å²) < 4.78 is 0. The van der Waals surface area contributed by atoms with Gasteiger partial charge in [-0.05, 0) is 31.8 Å². The van der Waals surface area contributed by atoms with Crippen LogP contribution in [0.4, 0.5) is 0 Å². The van der Waals surface area contributed by atoms with E-state index in [0.29, 0.717) is 13.1 Å². The van der Waals surface area contributed by atoms with Crippen molar-refractivity contribution in [3.8, 4) is 0 Å². The molecule has 1 aliphatic rings. The van der Waals surface area contributed by atoms with Crippen molar-refractivity contribution in [2.45, 2.75) is 12.5 Å². The maximum atomic E-state index is 13.1. The van der Waals surface area contributed by atoms with Crippen molar-refractivity contribution < 1.29 is 9.59 Å². The third kappa shape index (κ3) is 3.76. The summed E-state index contributed by atoms with van der Waals surface area (Å²) in [6.45, 7) is 1.77. The first-order valence-electron chi connectivity index (χ1n) is 9.93. The summed E-state index contributed by atoms with van der Waals surface area (Å²) in [4.78, 5) is 32.6. The lowest BCUT2D eigenvalue weighted by Crippen LogP contribution is -2.36. The molecule has 0 fully saturated rings. The topological polar surface area (TPSA) is 68.4 Å². The molecule has 2 heterocycles. The number of aromatic amines is 1. The van der Waals surface area contributed by atoms with Crippen LogP contribution in [-0.2, 0) is 4.79 Å². The Morgan fingerprint density at radius 1 is 1.10 bits per heavy atom. The first kappa shape index (κ1) is 19.2. The number of likely N-dealkylation sites (N-methyl/N-ethyl adjacent to an activating group) is 1. The van der Waals surface area contributed by atoms with E-state index in [9.17, 15) is 9.59 Å². The fraction of sp³-hybridized carbons (Fsp3) is 0.304. The molecule has 2 N–H and O–H groups in total. The molecular formula is C23H26N4O2. The zero-order chi connectivity index (χ0) is 20.4. The number of nitrogens with one attached hydrogen (secondary N) is 2. The molecule has 0 saturated heterocycles. The number of carbonyl (C=O) groups excluding carboxylic acids is 2. The lowest BCUT2D eigenvalue weighted by Gasteiger charge is -2.25. The smallest absolute Gasteiger partial charge is 0.255 e. The number of hydrogen-bond acceptors (Lipinski definition) is 3. The van der Waals surface area contributed by atoms with Crippen LogP contribution < -0.4 is 5.32 Å². The highest BCUT2D eigenvalue weighted by molar-refractivity contribution is 6.01. The molecule has 0 saturated carbocycles. The lowest BCUT2D eigenvalue weighted by molar-refractivity contribution is -0.121. The minimum atomic E-state index is -0.190. The summed E-state index contributed by atoms with van der Waals surface area (Å²) in [5.74, 6) is -0.0507. The molecule has 6 nitrogen and oxygen atoms in total. The standard InChI is InChI=1S/C23H26N4O2/c1-26(2)14-12-24-21(28)11-13-27-22(17-8-3-4-9-18(17)23(27)29)19-15-25-20-10-6-5-7-16(19)20/h3-10,15,22,25H,11-14H2,1-2H3,(H,24,28). The Morgan fingerprint density at radius 2 is 1.86 bits per heavy atom. The molecule has 4 rings (SSSR count). The van der Waals surface area contributed by atoms with E-state index in [1.807, 2.05) is 72.6 Å². The number of H-pyrrole nitrogens is 1. The predicted molar refractivity (Wildman–Crippen MR) is 114 cm³/mol. The van der Waals surface area contributed by atoms with Crippen LogP contribution in [0.2, 0.25) is 0 Å². The normalized spacial score (nSPS) is 15.9. The number of fused-ring (bicyclic) bond motifs is 2. The maximum absolute atomic E-state index is 13.1. The average molecular weight is 390 g/mol. The molecule has 1 aliphatic heterocycles. The van der Waals surface area contributed by atoms with Gasteiger partial charge >= 0.3 is 0 Å². The number of amides is 2. The monoisotopic (exact) mass is 390 g/mol.